The SMILES string of the molecule is CCCCOc1nc(N)nc2ncn(CCCCN(C)C(C)(C)C)c12. The lowest BCUT2D eigenvalue weighted by molar-refractivity contribution is 0.172. The van der Waals surface area contributed by atoms with Gasteiger partial charge in [0.2, 0.25) is 11.8 Å². The van der Waals surface area contributed by atoms with Gasteiger partial charge in [0.25, 0.3) is 0 Å². The maximum atomic E-state index is 5.83. The smallest absolute Gasteiger partial charge is 0.245 e. The van der Waals surface area contributed by atoms with Crippen LogP contribution in [0, 0.1) is 0 Å². The lowest BCUT2D eigenvalue weighted by Gasteiger charge is -2.31. The molecule has 0 spiro atoms. The highest BCUT2D eigenvalue weighted by molar-refractivity contribution is 5.77. The number of aryl methyl sites for hydroxylation is 1. The first kappa shape index (κ1) is 19.4. The second-order valence-electron chi connectivity index (χ2n) is 7.50. The third kappa shape index (κ3) is 5.29. The van der Waals surface area contributed by atoms with Gasteiger partial charge >= 0.3 is 0 Å². The molecule has 0 saturated heterocycles. The van der Waals surface area contributed by atoms with Crippen LogP contribution in [0.3, 0.4) is 0 Å². The Kier molecular flexibility index (Phi) is 6.58. The molecule has 0 aromatic carbocycles. The number of aromatic nitrogens is 4. The van der Waals surface area contributed by atoms with Crippen LogP contribution in [0.2, 0.25) is 0 Å². The fourth-order valence-electron chi connectivity index (χ4n) is 2.51. The second-order valence-corrected chi connectivity index (χ2v) is 7.50. The van der Waals surface area contributed by atoms with Crippen LogP contribution in [0.25, 0.3) is 11.2 Å². The van der Waals surface area contributed by atoms with E-state index in [1.165, 1.54) is 0 Å². The van der Waals surface area contributed by atoms with Crippen molar-refractivity contribution in [3.8, 4) is 5.88 Å². The van der Waals surface area contributed by atoms with Gasteiger partial charge in [0.1, 0.15) is 0 Å². The summed E-state index contributed by atoms with van der Waals surface area (Å²) < 4.78 is 7.91. The number of nitrogens with zero attached hydrogens (tertiary/aromatic N) is 5. The topological polar surface area (TPSA) is 82.1 Å². The van der Waals surface area contributed by atoms with E-state index in [1.807, 2.05) is 0 Å². The van der Waals surface area contributed by atoms with Crippen molar-refractivity contribution in [3.63, 3.8) is 0 Å². The lowest BCUT2D eigenvalue weighted by atomic mass is 10.1. The molecule has 0 atom stereocenters. The molecule has 0 unspecified atom stereocenters. The van der Waals surface area contributed by atoms with Gasteiger partial charge in [-0.2, -0.15) is 9.97 Å². The van der Waals surface area contributed by atoms with Crippen LogP contribution in [0.5, 0.6) is 5.88 Å². The van der Waals surface area contributed by atoms with Crippen LogP contribution < -0.4 is 10.5 Å². The summed E-state index contributed by atoms with van der Waals surface area (Å²) in [4.78, 5) is 15.2. The highest BCUT2D eigenvalue weighted by Crippen LogP contribution is 2.23. The van der Waals surface area contributed by atoms with Gasteiger partial charge in [-0.1, -0.05) is 13.3 Å². The number of ether oxygens (including phenoxy) is 1. The van der Waals surface area contributed by atoms with Gasteiger partial charge in [-0.05, 0) is 53.6 Å². The van der Waals surface area contributed by atoms with Crippen LogP contribution in [-0.2, 0) is 6.54 Å². The zero-order chi connectivity index (χ0) is 18.4. The molecule has 7 nitrogen and oxygen atoms in total. The van der Waals surface area contributed by atoms with Crippen molar-refractivity contribution in [1.29, 1.82) is 0 Å². The fourth-order valence-corrected chi connectivity index (χ4v) is 2.51. The Morgan fingerprint density at radius 3 is 2.64 bits per heavy atom. The summed E-state index contributed by atoms with van der Waals surface area (Å²) in [6, 6.07) is 0. The third-order valence-electron chi connectivity index (χ3n) is 4.48. The highest BCUT2D eigenvalue weighted by Gasteiger charge is 2.17. The molecule has 2 aromatic rings. The monoisotopic (exact) mass is 348 g/mol. The summed E-state index contributed by atoms with van der Waals surface area (Å²) in [6.45, 7) is 11.4. The Bertz CT molecular complexity index is 676. The van der Waals surface area contributed by atoms with Crippen molar-refractivity contribution in [1.82, 2.24) is 24.4 Å². The minimum atomic E-state index is 0.202. The van der Waals surface area contributed by atoms with Crippen LogP contribution in [0.1, 0.15) is 53.4 Å². The maximum absolute atomic E-state index is 5.83. The number of fused-ring (bicyclic) bond motifs is 1. The molecular weight excluding hydrogens is 316 g/mol. The van der Waals surface area contributed by atoms with Crippen LogP contribution in [-0.4, -0.2) is 50.2 Å². The van der Waals surface area contributed by atoms with Crippen molar-refractivity contribution in [2.24, 2.45) is 0 Å². The standard InChI is InChI=1S/C18H32N6O/c1-6-7-12-25-16-14-15(21-17(19)22-16)20-13-24(14)11-9-8-10-23(5)18(2,3)4/h13H,6-12H2,1-5H3,(H2,19,21,22). The molecular formula is C18H32N6O. The van der Waals surface area contributed by atoms with Gasteiger partial charge in [-0.25, -0.2) is 4.98 Å². The Balaban J connectivity index is 2.03. The molecule has 0 fully saturated rings. The summed E-state index contributed by atoms with van der Waals surface area (Å²) in [5.74, 6) is 0.747. The lowest BCUT2D eigenvalue weighted by Crippen LogP contribution is -2.38. The molecule has 0 aliphatic heterocycles. The van der Waals surface area contributed by atoms with Gasteiger partial charge in [0.05, 0.1) is 12.9 Å². The predicted octanol–water partition coefficient (Wildman–Crippen LogP) is 3.10. The summed E-state index contributed by atoms with van der Waals surface area (Å²) in [5.41, 5.74) is 7.42. The zero-order valence-corrected chi connectivity index (χ0v) is 16.2. The van der Waals surface area contributed by atoms with Gasteiger partial charge < -0.3 is 19.9 Å². The van der Waals surface area contributed by atoms with Gasteiger partial charge in [0.15, 0.2) is 11.2 Å². The molecule has 140 valence electrons. The Labute approximate surface area is 150 Å². The number of hydrogen-bond donors (Lipinski definition) is 1. The average Bonchev–Trinajstić information content (AvgIpc) is 2.93. The van der Waals surface area contributed by atoms with Crippen molar-refractivity contribution < 1.29 is 4.74 Å². The predicted molar refractivity (Wildman–Crippen MR) is 102 cm³/mol. The molecule has 0 aliphatic carbocycles. The number of nitrogen functional groups attached to an aromatic ring is 1. The third-order valence-corrected chi connectivity index (χ3v) is 4.48. The minimum absolute atomic E-state index is 0.202. The molecule has 0 amide bonds. The van der Waals surface area contributed by atoms with Crippen LogP contribution >= 0.6 is 0 Å². The fraction of sp³-hybridized carbons (Fsp3) is 0.722. The molecule has 2 rings (SSSR count). The Hall–Kier alpha value is -1.89. The minimum Gasteiger partial charge on any atom is -0.476 e. The van der Waals surface area contributed by atoms with E-state index in [2.05, 4.69) is 59.2 Å². The summed E-state index contributed by atoms with van der Waals surface area (Å²) >= 11 is 0. The van der Waals surface area contributed by atoms with Gasteiger partial charge in [-0.15, -0.1) is 0 Å². The van der Waals surface area contributed by atoms with Crippen molar-refractivity contribution >= 4 is 17.1 Å². The zero-order valence-electron chi connectivity index (χ0n) is 16.2. The van der Waals surface area contributed by atoms with Gasteiger partial charge in [0, 0.05) is 12.1 Å². The van der Waals surface area contributed by atoms with E-state index in [-0.39, 0.29) is 11.5 Å². The van der Waals surface area contributed by atoms with Crippen LogP contribution in [0.15, 0.2) is 6.33 Å². The van der Waals surface area contributed by atoms with Crippen molar-refractivity contribution in [3.05, 3.63) is 6.33 Å². The van der Waals surface area contributed by atoms with E-state index in [1.54, 1.807) is 6.33 Å². The molecule has 0 radical (unpaired) electrons. The molecule has 2 aromatic heterocycles. The normalized spacial score (nSPS) is 12.2. The molecule has 2 N–H and O–H groups in total. The first-order valence-corrected chi connectivity index (χ1v) is 9.15. The van der Waals surface area contributed by atoms with E-state index in [9.17, 15) is 0 Å². The second kappa shape index (κ2) is 8.47. The maximum Gasteiger partial charge on any atom is 0.245 e. The molecule has 25 heavy (non-hydrogen) atoms. The van der Waals surface area contributed by atoms with Crippen molar-refractivity contribution in [2.75, 3.05) is 25.9 Å². The quantitative estimate of drug-likeness (QED) is 0.701. The largest absolute Gasteiger partial charge is 0.476 e. The first-order chi connectivity index (χ1) is 11.8. The van der Waals surface area contributed by atoms with E-state index in [0.717, 1.165) is 44.3 Å². The number of nitrogens with two attached hydrogens (primary N) is 1. The number of rotatable bonds is 9. The molecule has 0 bridgehead atoms. The Morgan fingerprint density at radius 2 is 1.96 bits per heavy atom. The van der Waals surface area contributed by atoms with E-state index in [4.69, 9.17) is 10.5 Å². The summed E-state index contributed by atoms with van der Waals surface area (Å²) in [6.07, 6.45) is 6.04. The molecule has 2 heterocycles. The Morgan fingerprint density at radius 1 is 1.20 bits per heavy atom. The number of hydrogen-bond acceptors (Lipinski definition) is 6. The van der Waals surface area contributed by atoms with Gasteiger partial charge in [-0.3, -0.25) is 0 Å². The molecule has 7 heteroatoms. The first-order valence-electron chi connectivity index (χ1n) is 9.15. The van der Waals surface area contributed by atoms with E-state index in [0.29, 0.717) is 18.1 Å². The highest BCUT2D eigenvalue weighted by atomic mass is 16.5. The van der Waals surface area contributed by atoms with E-state index < -0.39 is 0 Å². The summed E-state index contributed by atoms with van der Waals surface area (Å²) in [7, 11) is 2.17. The van der Waals surface area contributed by atoms with E-state index >= 15 is 0 Å². The van der Waals surface area contributed by atoms with Crippen molar-refractivity contribution in [2.45, 2.75) is 65.5 Å². The number of imidazole rings is 1. The average molecular weight is 348 g/mol. The molecule has 0 saturated carbocycles. The van der Waals surface area contributed by atoms with Crippen LogP contribution in [0.4, 0.5) is 5.95 Å². The number of unbranched alkanes of at least 4 members (excludes halogenated alkanes) is 2. The molecule has 0 aliphatic rings. The number of anilines is 1. The summed E-state index contributed by atoms with van der Waals surface area (Å²) in [5, 5.41) is 0.